The highest BCUT2D eigenvalue weighted by molar-refractivity contribution is 5.81. The van der Waals surface area contributed by atoms with Crippen LogP contribution in [0.15, 0.2) is 39.9 Å². The number of rotatable bonds is 6. The maximum absolute atomic E-state index is 13.5. The molecule has 1 fully saturated rings. The number of benzene rings is 1. The minimum Gasteiger partial charge on any atom is -0.338 e. The second-order valence-electron chi connectivity index (χ2n) is 8.59. The van der Waals surface area contributed by atoms with Gasteiger partial charge in [0.05, 0.1) is 5.69 Å². The average Bonchev–Trinajstić information content (AvgIpc) is 3.14. The summed E-state index contributed by atoms with van der Waals surface area (Å²) in [7, 11) is 0. The van der Waals surface area contributed by atoms with E-state index in [-0.39, 0.29) is 30.6 Å². The Kier molecular flexibility index (Phi) is 6.30. The highest BCUT2D eigenvalue weighted by Crippen LogP contribution is 2.18. The van der Waals surface area contributed by atoms with Crippen LogP contribution >= 0.6 is 0 Å². The van der Waals surface area contributed by atoms with Crippen LogP contribution in [0.3, 0.4) is 0 Å². The summed E-state index contributed by atoms with van der Waals surface area (Å²) in [6.07, 6.45) is 3.61. The molecule has 3 aromatic rings. The van der Waals surface area contributed by atoms with Gasteiger partial charge in [-0.2, -0.15) is 5.10 Å². The number of hydrogen-bond donors (Lipinski definition) is 0. The molecule has 0 radical (unpaired) electrons. The van der Waals surface area contributed by atoms with Crippen LogP contribution in [0.1, 0.15) is 44.4 Å². The van der Waals surface area contributed by atoms with Gasteiger partial charge in [0, 0.05) is 25.7 Å². The van der Waals surface area contributed by atoms with E-state index in [9.17, 15) is 14.4 Å². The standard InChI is InChI=1S/C24H31N5O3/c1-4-29-22-21(18(3)25-29)28(16-20(30)26-14-9-8-10-17(26)2)24(32)27(23(22)31)15-13-19-11-6-5-7-12-19/h5-7,11-12,17H,4,8-10,13-16H2,1-3H3/t17-/m0/s1. The van der Waals surface area contributed by atoms with Crippen LogP contribution in [0.5, 0.6) is 0 Å². The molecule has 8 nitrogen and oxygen atoms in total. The molecule has 32 heavy (non-hydrogen) atoms. The predicted molar refractivity (Wildman–Crippen MR) is 124 cm³/mol. The van der Waals surface area contributed by atoms with E-state index in [1.165, 1.54) is 9.13 Å². The summed E-state index contributed by atoms with van der Waals surface area (Å²) in [4.78, 5) is 41.9. The lowest BCUT2D eigenvalue weighted by molar-refractivity contribution is -0.135. The molecule has 4 rings (SSSR count). The molecular weight excluding hydrogens is 406 g/mol. The van der Waals surface area contributed by atoms with Gasteiger partial charge in [-0.25, -0.2) is 4.79 Å². The molecule has 0 unspecified atom stereocenters. The van der Waals surface area contributed by atoms with Gasteiger partial charge in [-0.15, -0.1) is 0 Å². The van der Waals surface area contributed by atoms with Crippen molar-refractivity contribution < 1.29 is 4.79 Å². The van der Waals surface area contributed by atoms with Gasteiger partial charge in [-0.1, -0.05) is 30.3 Å². The van der Waals surface area contributed by atoms with E-state index in [4.69, 9.17) is 0 Å². The number of fused-ring (bicyclic) bond motifs is 1. The molecule has 0 aliphatic carbocycles. The Bertz CT molecular complexity index is 1240. The molecule has 2 aromatic heterocycles. The van der Waals surface area contributed by atoms with Crippen molar-refractivity contribution in [3.05, 3.63) is 62.4 Å². The van der Waals surface area contributed by atoms with E-state index in [2.05, 4.69) is 12.0 Å². The highest BCUT2D eigenvalue weighted by atomic mass is 16.2. The quantitative estimate of drug-likeness (QED) is 0.593. The molecule has 3 heterocycles. The van der Waals surface area contributed by atoms with Crippen LogP contribution < -0.4 is 11.2 Å². The van der Waals surface area contributed by atoms with Crippen LogP contribution in [0.25, 0.3) is 11.0 Å². The molecule has 1 atom stereocenters. The van der Waals surface area contributed by atoms with Crippen molar-refractivity contribution in [2.45, 2.75) is 72.1 Å². The zero-order chi connectivity index (χ0) is 22.8. The van der Waals surface area contributed by atoms with Crippen LogP contribution in [-0.2, 0) is 30.8 Å². The summed E-state index contributed by atoms with van der Waals surface area (Å²) in [5, 5.41) is 4.48. The Morgan fingerprint density at radius 2 is 1.84 bits per heavy atom. The molecule has 1 amide bonds. The van der Waals surface area contributed by atoms with Crippen molar-refractivity contribution in [3.8, 4) is 0 Å². The third kappa shape index (κ3) is 4.01. The molecule has 8 heteroatoms. The molecule has 0 spiro atoms. The van der Waals surface area contributed by atoms with E-state index in [0.717, 1.165) is 24.8 Å². The number of carbonyl (C=O) groups excluding carboxylic acids is 1. The zero-order valence-electron chi connectivity index (χ0n) is 19.1. The van der Waals surface area contributed by atoms with Gasteiger partial charge < -0.3 is 4.90 Å². The fourth-order valence-electron chi connectivity index (χ4n) is 4.72. The number of aryl methyl sites for hydroxylation is 3. The summed E-state index contributed by atoms with van der Waals surface area (Å²) >= 11 is 0. The van der Waals surface area contributed by atoms with E-state index < -0.39 is 5.69 Å². The molecule has 0 saturated carbocycles. The number of aromatic nitrogens is 4. The fourth-order valence-corrected chi connectivity index (χ4v) is 4.72. The largest absolute Gasteiger partial charge is 0.338 e. The second-order valence-corrected chi connectivity index (χ2v) is 8.59. The minimum absolute atomic E-state index is 0.0818. The van der Waals surface area contributed by atoms with Gasteiger partial charge in [0.2, 0.25) is 5.91 Å². The van der Waals surface area contributed by atoms with Crippen molar-refractivity contribution in [1.29, 1.82) is 0 Å². The summed E-state index contributed by atoms with van der Waals surface area (Å²) < 4.78 is 4.35. The third-order valence-electron chi connectivity index (χ3n) is 6.46. The van der Waals surface area contributed by atoms with E-state index in [1.807, 2.05) is 42.2 Å². The molecular formula is C24H31N5O3. The number of likely N-dealkylation sites (tertiary alicyclic amines) is 1. The lowest BCUT2D eigenvalue weighted by Crippen LogP contribution is -2.47. The zero-order valence-corrected chi connectivity index (χ0v) is 19.1. The van der Waals surface area contributed by atoms with E-state index in [1.54, 1.807) is 11.6 Å². The summed E-state index contributed by atoms with van der Waals surface area (Å²) in [5.74, 6) is -0.0856. The van der Waals surface area contributed by atoms with Crippen molar-refractivity contribution in [3.63, 3.8) is 0 Å². The number of carbonyl (C=O) groups is 1. The number of piperidine rings is 1. The molecule has 1 aromatic carbocycles. The Morgan fingerprint density at radius 3 is 2.53 bits per heavy atom. The minimum atomic E-state index is -0.449. The van der Waals surface area contributed by atoms with Gasteiger partial charge in [0.1, 0.15) is 12.1 Å². The molecule has 170 valence electrons. The van der Waals surface area contributed by atoms with Crippen molar-refractivity contribution in [2.24, 2.45) is 0 Å². The van der Waals surface area contributed by atoms with Crippen molar-refractivity contribution in [2.75, 3.05) is 6.54 Å². The fraction of sp³-hybridized carbons (Fsp3) is 0.500. The van der Waals surface area contributed by atoms with Crippen molar-refractivity contribution >= 4 is 16.9 Å². The molecule has 0 bridgehead atoms. The van der Waals surface area contributed by atoms with Gasteiger partial charge >= 0.3 is 5.69 Å². The van der Waals surface area contributed by atoms with Gasteiger partial charge in [0.25, 0.3) is 5.56 Å². The van der Waals surface area contributed by atoms with E-state index in [0.29, 0.717) is 36.2 Å². The highest BCUT2D eigenvalue weighted by Gasteiger charge is 2.26. The van der Waals surface area contributed by atoms with Gasteiger partial charge in [-0.3, -0.25) is 23.4 Å². The first-order chi connectivity index (χ1) is 15.4. The predicted octanol–water partition coefficient (Wildman–Crippen LogP) is 2.33. The molecule has 1 aliphatic heterocycles. The Balaban J connectivity index is 1.79. The monoisotopic (exact) mass is 437 g/mol. The maximum Gasteiger partial charge on any atom is 0.332 e. The first-order valence-corrected chi connectivity index (χ1v) is 11.5. The van der Waals surface area contributed by atoms with Gasteiger partial charge in [0.15, 0.2) is 5.52 Å². The van der Waals surface area contributed by atoms with Crippen LogP contribution in [-0.4, -0.2) is 42.3 Å². The number of amides is 1. The third-order valence-corrected chi connectivity index (χ3v) is 6.46. The lowest BCUT2D eigenvalue weighted by Gasteiger charge is -2.33. The smallest absolute Gasteiger partial charge is 0.332 e. The van der Waals surface area contributed by atoms with Crippen molar-refractivity contribution in [1.82, 2.24) is 23.8 Å². The van der Waals surface area contributed by atoms with E-state index >= 15 is 0 Å². The lowest BCUT2D eigenvalue weighted by atomic mass is 10.0. The average molecular weight is 438 g/mol. The first-order valence-electron chi connectivity index (χ1n) is 11.5. The second kappa shape index (κ2) is 9.14. The molecule has 1 aliphatic rings. The molecule has 1 saturated heterocycles. The Morgan fingerprint density at radius 1 is 1.09 bits per heavy atom. The van der Waals surface area contributed by atoms with Crippen LogP contribution in [0.2, 0.25) is 0 Å². The topological polar surface area (TPSA) is 82.1 Å². The SMILES string of the molecule is CCn1nc(C)c2c1c(=O)n(CCc1ccccc1)c(=O)n2CC(=O)N1CCCC[C@@H]1C. The summed E-state index contributed by atoms with van der Waals surface area (Å²) in [5.41, 5.74) is 1.69. The van der Waals surface area contributed by atoms with Crippen LogP contribution in [0.4, 0.5) is 0 Å². The normalized spacial score (nSPS) is 16.6. The summed E-state index contributed by atoms with van der Waals surface area (Å²) in [6, 6.07) is 9.92. The summed E-state index contributed by atoms with van der Waals surface area (Å²) in [6.45, 7) is 7.13. The van der Waals surface area contributed by atoms with Crippen LogP contribution in [0, 0.1) is 6.92 Å². The number of nitrogens with zero attached hydrogens (tertiary/aromatic N) is 5. The molecule has 0 N–H and O–H groups in total. The number of hydrogen-bond acceptors (Lipinski definition) is 4. The maximum atomic E-state index is 13.5. The Labute approximate surface area is 187 Å². The first kappa shape index (κ1) is 22.0. The van der Waals surface area contributed by atoms with Gasteiger partial charge in [-0.05, 0) is 52.0 Å². The Hall–Kier alpha value is -3.16.